The number of nitrogens with one attached hydrogen (secondary N) is 1. The summed E-state index contributed by atoms with van der Waals surface area (Å²) in [5, 5.41) is 7.17. The number of fused-ring (bicyclic) bond motifs is 1. The molecule has 3 nitrogen and oxygen atoms in total. The first-order chi connectivity index (χ1) is 8.52. The van der Waals surface area contributed by atoms with E-state index in [9.17, 15) is 13.2 Å². The van der Waals surface area contributed by atoms with E-state index in [1.165, 1.54) is 6.07 Å². The lowest BCUT2D eigenvalue weighted by molar-refractivity contribution is -0.137. The highest BCUT2D eigenvalue weighted by molar-refractivity contribution is 5.81. The molecule has 1 heterocycles. The number of hydrogen-bond acceptors (Lipinski definition) is 3. The molecule has 0 unspecified atom stereocenters. The first-order valence-corrected chi connectivity index (χ1v) is 5.62. The lowest BCUT2D eigenvalue weighted by atomic mass is 10.1. The van der Waals surface area contributed by atoms with Gasteiger partial charge in [-0.25, -0.2) is 0 Å². The Labute approximate surface area is 102 Å². The summed E-state index contributed by atoms with van der Waals surface area (Å²) < 4.78 is 42.9. The summed E-state index contributed by atoms with van der Waals surface area (Å²) in [6, 6.07) is 3.45. The number of alkyl halides is 3. The first kappa shape index (κ1) is 12.9. The van der Waals surface area contributed by atoms with Crippen LogP contribution in [0.4, 0.5) is 13.2 Å². The molecule has 98 valence electrons. The zero-order valence-electron chi connectivity index (χ0n) is 9.84. The van der Waals surface area contributed by atoms with E-state index in [1.807, 2.05) is 7.05 Å². The number of aryl methyl sites for hydroxylation is 1. The Hall–Kier alpha value is -1.56. The van der Waals surface area contributed by atoms with E-state index < -0.39 is 11.7 Å². The van der Waals surface area contributed by atoms with Gasteiger partial charge in [-0.1, -0.05) is 5.16 Å². The second kappa shape index (κ2) is 4.97. The molecule has 0 aliphatic rings. The van der Waals surface area contributed by atoms with Gasteiger partial charge in [0.2, 0.25) is 0 Å². The molecule has 0 fully saturated rings. The van der Waals surface area contributed by atoms with Gasteiger partial charge in [0.25, 0.3) is 0 Å². The number of nitrogens with zero attached hydrogens (tertiary/aromatic N) is 1. The third-order valence-electron chi connectivity index (χ3n) is 2.71. The molecular weight excluding hydrogens is 245 g/mol. The van der Waals surface area contributed by atoms with E-state index in [0.717, 1.165) is 25.1 Å². The van der Waals surface area contributed by atoms with E-state index in [1.54, 1.807) is 0 Å². The maximum absolute atomic E-state index is 12.6. The molecule has 2 rings (SSSR count). The van der Waals surface area contributed by atoms with E-state index in [-0.39, 0.29) is 0 Å². The van der Waals surface area contributed by atoms with Crippen LogP contribution in [0.5, 0.6) is 0 Å². The van der Waals surface area contributed by atoms with Crippen LogP contribution in [0, 0.1) is 0 Å². The maximum Gasteiger partial charge on any atom is 0.416 e. The monoisotopic (exact) mass is 258 g/mol. The Morgan fingerprint density at radius 2 is 2.11 bits per heavy atom. The summed E-state index contributed by atoms with van der Waals surface area (Å²) in [4.78, 5) is 0. The van der Waals surface area contributed by atoms with Crippen LogP contribution in [-0.2, 0) is 12.6 Å². The van der Waals surface area contributed by atoms with Gasteiger partial charge in [-0.05, 0) is 38.2 Å². The highest BCUT2D eigenvalue weighted by atomic mass is 19.4. The van der Waals surface area contributed by atoms with Crippen LogP contribution >= 0.6 is 0 Å². The van der Waals surface area contributed by atoms with Crippen LogP contribution in [0.1, 0.15) is 17.7 Å². The van der Waals surface area contributed by atoms with Crippen molar-refractivity contribution in [2.45, 2.75) is 19.0 Å². The smallest absolute Gasteiger partial charge is 0.360 e. The van der Waals surface area contributed by atoms with Crippen molar-refractivity contribution in [3.8, 4) is 0 Å². The van der Waals surface area contributed by atoms with Crippen LogP contribution in [0.15, 0.2) is 22.7 Å². The lowest BCUT2D eigenvalue weighted by Gasteiger charge is -2.05. The molecule has 0 bridgehead atoms. The second-order valence-electron chi connectivity index (χ2n) is 4.04. The first-order valence-electron chi connectivity index (χ1n) is 5.62. The van der Waals surface area contributed by atoms with Gasteiger partial charge in [-0.15, -0.1) is 0 Å². The SMILES string of the molecule is CNCCCc1onc2ccc(C(F)(F)F)cc12. The molecule has 2 aromatic rings. The molecule has 0 saturated carbocycles. The normalized spacial score (nSPS) is 12.2. The fourth-order valence-corrected chi connectivity index (χ4v) is 1.77. The van der Waals surface area contributed by atoms with E-state index in [4.69, 9.17) is 4.52 Å². The van der Waals surface area contributed by atoms with Gasteiger partial charge in [0.05, 0.1) is 5.56 Å². The zero-order valence-corrected chi connectivity index (χ0v) is 9.84. The van der Waals surface area contributed by atoms with Crippen molar-refractivity contribution in [1.82, 2.24) is 10.5 Å². The van der Waals surface area contributed by atoms with Crippen molar-refractivity contribution in [3.05, 3.63) is 29.5 Å². The quantitative estimate of drug-likeness (QED) is 0.857. The van der Waals surface area contributed by atoms with Crippen LogP contribution in [0.3, 0.4) is 0 Å². The summed E-state index contributed by atoms with van der Waals surface area (Å²) in [5.74, 6) is 0.506. The average Bonchev–Trinajstić information content (AvgIpc) is 2.71. The van der Waals surface area contributed by atoms with Gasteiger partial charge < -0.3 is 9.84 Å². The second-order valence-corrected chi connectivity index (χ2v) is 4.04. The Kier molecular flexibility index (Phi) is 3.56. The summed E-state index contributed by atoms with van der Waals surface area (Å²) in [6.45, 7) is 0.779. The zero-order chi connectivity index (χ0) is 13.2. The maximum atomic E-state index is 12.6. The Balaban J connectivity index is 2.31. The highest BCUT2D eigenvalue weighted by Crippen LogP contribution is 2.32. The lowest BCUT2D eigenvalue weighted by Crippen LogP contribution is -2.08. The van der Waals surface area contributed by atoms with Crippen LogP contribution in [0.2, 0.25) is 0 Å². The van der Waals surface area contributed by atoms with Crippen molar-refractivity contribution >= 4 is 10.9 Å². The Bertz CT molecular complexity index is 534. The van der Waals surface area contributed by atoms with Gasteiger partial charge in [0, 0.05) is 11.8 Å². The van der Waals surface area contributed by atoms with Crippen LogP contribution < -0.4 is 5.32 Å². The van der Waals surface area contributed by atoms with E-state index >= 15 is 0 Å². The van der Waals surface area contributed by atoms with Crippen molar-refractivity contribution in [1.29, 1.82) is 0 Å². The average molecular weight is 258 g/mol. The molecule has 1 N–H and O–H groups in total. The predicted molar refractivity (Wildman–Crippen MR) is 61.3 cm³/mol. The molecule has 0 saturated heterocycles. The molecule has 0 atom stereocenters. The Morgan fingerprint density at radius 1 is 1.33 bits per heavy atom. The molecule has 6 heteroatoms. The fraction of sp³-hybridized carbons (Fsp3) is 0.417. The van der Waals surface area contributed by atoms with Gasteiger partial charge in [0.15, 0.2) is 0 Å². The molecule has 0 aliphatic carbocycles. The van der Waals surface area contributed by atoms with Gasteiger partial charge in [-0.3, -0.25) is 0 Å². The number of halogens is 3. The minimum atomic E-state index is -4.34. The number of benzene rings is 1. The number of aromatic nitrogens is 1. The third kappa shape index (κ3) is 2.64. The van der Waals surface area contributed by atoms with Crippen molar-refractivity contribution < 1.29 is 17.7 Å². The fourth-order valence-electron chi connectivity index (χ4n) is 1.77. The molecule has 0 radical (unpaired) electrons. The number of rotatable bonds is 4. The van der Waals surface area contributed by atoms with Crippen molar-refractivity contribution in [2.24, 2.45) is 0 Å². The molecule has 18 heavy (non-hydrogen) atoms. The summed E-state index contributed by atoms with van der Waals surface area (Å²) in [6.07, 6.45) is -2.98. The molecule has 1 aromatic carbocycles. The topological polar surface area (TPSA) is 38.1 Å². The van der Waals surface area contributed by atoms with Crippen molar-refractivity contribution in [3.63, 3.8) is 0 Å². The molecular formula is C12H13F3N2O. The summed E-state index contributed by atoms with van der Waals surface area (Å²) in [7, 11) is 1.82. The predicted octanol–water partition coefficient (Wildman–Crippen LogP) is 3.00. The van der Waals surface area contributed by atoms with Crippen LogP contribution in [-0.4, -0.2) is 18.7 Å². The molecule has 1 aromatic heterocycles. The molecule has 0 spiro atoms. The molecule has 0 amide bonds. The Morgan fingerprint density at radius 3 is 2.78 bits per heavy atom. The molecule has 0 aliphatic heterocycles. The minimum absolute atomic E-state index is 0.445. The van der Waals surface area contributed by atoms with Crippen molar-refractivity contribution in [2.75, 3.05) is 13.6 Å². The van der Waals surface area contributed by atoms with E-state index in [0.29, 0.717) is 23.1 Å². The standard InChI is InChI=1S/C12H13F3N2O/c1-16-6-2-3-11-9-7-8(12(13,14)15)4-5-10(9)17-18-11/h4-5,7,16H,2-3,6H2,1H3. The van der Waals surface area contributed by atoms with Gasteiger partial charge in [-0.2, -0.15) is 13.2 Å². The van der Waals surface area contributed by atoms with Gasteiger partial charge in [0.1, 0.15) is 11.3 Å². The summed E-state index contributed by atoms with van der Waals surface area (Å²) >= 11 is 0. The highest BCUT2D eigenvalue weighted by Gasteiger charge is 2.31. The summed E-state index contributed by atoms with van der Waals surface area (Å²) in [5.41, 5.74) is -0.212. The third-order valence-corrected chi connectivity index (χ3v) is 2.71. The largest absolute Gasteiger partial charge is 0.416 e. The van der Waals surface area contributed by atoms with Crippen LogP contribution in [0.25, 0.3) is 10.9 Å². The van der Waals surface area contributed by atoms with Gasteiger partial charge >= 0.3 is 6.18 Å². The minimum Gasteiger partial charge on any atom is -0.360 e. The number of hydrogen-bond donors (Lipinski definition) is 1. The van der Waals surface area contributed by atoms with E-state index in [2.05, 4.69) is 10.5 Å².